The summed E-state index contributed by atoms with van der Waals surface area (Å²) in [5.41, 5.74) is 0.943. The largest absolute Gasteiger partial charge is 0.340 e. The second-order valence-corrected chi connectivity index (χ2v) is 6.51. The van der Waals surface area contributed by atoms with Crippen molar-refractivity contribution in [3.05, 3.63) is 47.1 Å². The van der Waals surface area contributed by atoms with E-state index in [1.165, 1.54) is 18.5 Å². The molecule has 5 nitrogen and oxygen atoms in total. The van der Waals surface area contributed by atoms with Crippen LogP contribution in [0.15, 0.2) is 30.6 Å². The predicted octanol–water partition coefficient (Wildman–Crippen LogP) is 4.42. The zero-order chi connectivity index (χ0) is 17.8. The van der Waals surface area contributed by atoms with Crippen molar-refractivity contribution in [3.63, 3.8) is 0 Å². The van der Waals surface area contributed by atoms with Crippen molar-refractivity contribution >= 4 is 29.0 Å². The normalized spacial score (nSPS) is 17.4. The van der Waals surface area contributed by atoms with Crippen LogP contribution in [0.1, 0.15) is 43.1 Å². The van der Waals surface area contributed by atoms with E-state index in [1.54, 1.807) is 12.1 Å². The van der Waals surface area contributed by atoms with Crippen LogP contribution < -0.4 is 5.32 Å². The van der Waals surface area contributed by atoms with Crippen LogP contribution in [0, 0.1) is 5.82 Å². The standard InChI is InChI=1S/C18H20ClFN4O/c1-2-13-5-3-4-8-24(13)18(25)16-10-17(22-11-21-16)23-12-6-7-15(20)14(19)9-12/h6-7,9-11,13H,2-5,8H2,1H3,(H,21,22,23). The quantitative estimate of drug-likeness (QED) is 0.874. The molecule has 7 heteroatoms. The molecule has 0 spiro atoms. The van der Waals surface area contributed by atoms with E-state index in [-0.39, 0.29) is 17.0 Å². The molecule has 2 heterocycles. The smallest absolute Gasteiger partial charge is 0.272 e. The molecule has 0 radical (unpaired) electrons. The first-order chi connectivity index (χ1) is 12.1. The highest BCUT2D eigenvalue weighted by Crippen LogP contribution is 2.24. The number of likely N-dealkylation sites (tertiary alicyclic amines) is 1. The third-order valence-electron chi connectivity index (χ3n) is 4.44. The SMILES string of the molecule is CCC1CCCCN1C(=O)c1cc(Nc2ccc(F)c(Cl)c2)ncn1. The number of rotatable bonds is 4. The summed E-state index contributed by atoms with van der Waals surface area (Å²) in [7, 11) is 0. The van der Waals surface area contributed by atoms with Crippen molar-refractivity contribution in [2.45, 2.75) is 38.6 Å². The van der Waals surface area contributed by atoms with Crippen LogP contribution >= 0.6 is 11.6 Å². The lowest BCUT2D eigenvalue weighted by Gasteiger charge is -2.35. The summed E-state index contributed by atoms with van der Waals surface area (Å²) in [6.07, 6.45) is 5.50. The third-order valence-corrected chi connectivity index (χ3v) is 4.73. The van der Waals surface area contributed by atoms with Crippen LogP contribution in [-0.2, 0) is 0 Å². The maximum absolute atomic E-state index is 13.2. The van der Waals surface area contributed by atoms with Crippen molar-refractivity contribution in [1.29, 1.82) is 0 Å². The molecule has 0 aliphatic carbocycles. The minimum Gasteiger partial charge on any atom is -0.340 e. The number of nitrogens with zero attached hydrogens (tertiary/aromatic N) is 3. The summed E-state index contributed by atoms with van der Waals surface area (Å²) >= 11 is 5.79. The Hall–Kier alpha value is -2.21. The van der Waals surface area contributed by atoms with E-state index < -0.39 is 5.82 Å². The highest BCUT2D eigenvalue weighted by molar-refractivity contribution is 6.31. The molecule has 25 heavy (non-hydrogen) atoms. The average Bonchev–Trinajstić information content (AvgIpc) is 2.64. The van der Waals surface area contributed by atoms with E-state index in [9.17, 15) is 9.18 Å². The van der Waals surface area contributed by atoms with Gasteiger partial charge in [-0.25, -0.2) is 14.4 Å². The highest BCUT2D eigenvalue weighted by Gasteiger charge is 2.27. The third kappa shape index (κ3) is 4.07. The van der Waals surface area contributed by atoms with Gasteiger partial charge < -0.3 is 10.2 Å². The van der Waals surface area contributed by atoms with Gasteiger partial charge in [0.15, 0.2) is 0 Å². The minimum absolute atomic E-state index is 0.0226. The molecule has 0 bridgehead atoms. The maximum atomic E-state index is 13.2. The maximum Gasteiger partial charge on any atom is 0.272 e. The second-order valence-electron chi connectivity index (χ2n) is 6.10. The Morgan fingerprint density at radius 1 is 1.36 bits per heavy atom. The molecule has 132 valence electrons. The second kappa shape index (κ2) is 7.78. The minimum atomic E-state index is -0.485. The number of hydrogen-bond acceptors (Lipinski definition) is 4. The lowest BCUT2D eigenvalue weighted by Crippen LogP contribution is -2.43. The Labute approximate surface area is 151 Å². The van der Waals surface area contributed by atoms with E-state index in [0.29, 0.717) is 17.2 Å². The molecule has 1 amide bonds. The summed E-state index contributed by atoms with van der Waals surface area (Å²) in [5.74, 6) is -0.0956. The van der Waals surface area contributed by atoms with E-state index in [0.717, 1.165) is 32.2 Å². The number of carbonyl (C=O) groups excluding carboxylic acids is 1. The Morgan fingerprint density at radius 2 is 2.20 bits per heavy atom. The molecule has 1 saturated heterocycles. The first-order valence-electron chi connectivity index (χ1n) is 8.43. The topological polar surface area (TPSA) is 58.1 Å². The molecular formula is C18H20ClFN4O. The van der Waals surface area contributed by atoms with E-state index in [1.807, 2.05) is 4.90 Å². The number of amides is 1. The van der Waals surface area contributed by atoms with Crippen molar-refractivity contribution < 1.29 is 9.18 Å². The fourth-order valence-corrected chi connectivity index (χ4v) is 3.28. The molecule has 1 fully saturated rings. The van der Waals surface area contributed by atoms with Gasteiger partial charge >= 0.3 is 0 Å². The van der Waals surface area contributed by atoms with Gasteiger partial charge in [-0.15, -0.1) is 0 Å². The van der Waals surface area contributed by atoms with Gasteiger partial charge in [-0.1, -0.05) is 18.5 Å². The summed E-state index contributed by atoms with van der Waals surface area (Å²) in [5, 5.41) is 3.05. The fourth-order valence-electron chi connectivity index (χ4n) is 3.10. The molecule has 1 aliphatic rings. The zero-order valence-corrected chi connectivity index (χ0v) is 14.8. The fraction of sp³-hybridized carbons (Fsp3) is 0.389. The number of benzene rings is 1. The molecule has 1 aromatic carbocycles. The Bertz CT molecular complexity index is 770. The van der Waals surface area contributed by atoms with Crippen LogP contribution in [0.4, 0.5) is 15.9 Å². The van der Waals surface area contributed by atoms with E-state index in [4.69, 9.17) is 11.6 Å². The van der Waals surface area contributed by atoms with Gasteiger partial charge in [0.2, 0.25) is 0 Å². The van der Waals surface area contributed by atoms with Gasteiger partial charge in [-0.2, -0.15) is 0 Å². The van der Waals surface area contributed by atoms with Crippen LogP contribution in [0.25, 0.3) is 0 Å². The Morgan fingerprint density at radius 3 is 2.96 bits per heavy atom. The van der Waals surface area contributed by atoms with Gasteiger partial charge in [0.1, 0.15) is 23.7 Å². The van der Waals surface area contributed by atoms with E-state index >= 15 is 0 Å². The number of hydrogen-bond donors (Lipinski definition) is 1. The molecule has 1 N–H and O–H groups in total. The molecule has 1 aliphatic heterocycles. The van der Waals surface area contributed by atoms with Crippen molar-refractivity contribution in [2.24, 2.45) is 0 Å². The van der Waals surface area contributed by atoms with Crippen molar-refractivity contribution in [3.8, 4) is 0 Å². The Balaban J connectivity index is 1.78. The number of nitrogens with one attached hydrogen (secondary N) is 1. The van der Waals surface area contributed by atoms with Gasteiger partial charge in [0, 0.05) is 24.3 Å². The Kier molecular flexibility index (Phi) is 5.48. The van der Waals surface area contributed by atoms with Gasteiger partial charge in [-0.3, -0.25) is 4.79 Å². The number of halogens is 2. The molecule has 1 unspecified atom stereocenters. The van der Waals surface area contributed by atoms with Crippen LogP contribution in [0.3, 0.4) is 0 Å². The number of anilines is 2. The molecule has 0 saturated carbocycles. The van der Waals surface area contributed by atoms with Gasteiger partial charge in [-0.05, 0) is 43.9 Å². The lowest BCUT2D eigenvalue weighted by molar-refractivity contribution is 0.0602. The average molecular weight is 363 g/mol. The van der Waals surface area contributed by atoms with Crippen molar-refractivity contribution in [2.75, 3.05) is 11.9 Å². The lowest BCUT2D eigenvalue weighted by atomic mass is 9.99. The van der Waals surface area contributed by atoms with Gasteiger partial charge in [0.05, 0.1) is 5.02 Å². The van der Waals surface area contributed by atoms with Crippen LogP contribution in [-0.4, -0.2) is 33.4 Å². The summed E-state index contributed by atoms with van der Waals surface area (Å²) < 4.78 is 13.2. The van der Waals surface area contributed by atoms with Crippen molar-refractivity contribution in [1.82, 2.24) is 14.9 Å². The van der Waals surface area contributed by atoms with Crippen LogP contribution in [0.5, 0.6) is 0 Å². The predicted molar refractivity (Wildman–Crippen MR) is 95.7 cm³/mol. The molecule has 1 atom stereocenters. The van der Waals surface area contributed by atoms with Crippen LogP contribution in [0.2, 0.25) is 5.02 Å². The zero-order valence-electron chi connectivity index (χ0n) is 14.0. The molecule has 3 rings (SSSR count). The first-order valence-corrected chi connectivity index (χ1v) is 8.81. The van der Waals surface area contributed by atoms with E-state index in [2.05, 4.69) is 22.2 Å². The number of aromatic nitrogens is 2. The highest BCUT2D eigenvalue weighted by atomic mass is 35.5. The van der Waals surface area contributed by atoms with Gasteiger partial charge in [0.25, 0.3) is 5.91 Å². The summed E-state index contributed by atoms with van der Waals surface area (Å²) in [6, 6.07) is 6.18. The summed E-state index contributed by atoms with van der Waals surface area (Å²) in [6.45, 7) is 2.86. The monoisotopic (exact) mass is 362 g/mol. The number of carbonyl (C=O) groups is 1. The first kappa shape index (κ1) is 17.6. The molecule has 2 aromatic rings. The molecule has 1 aromatic heterocycles. The number of piperidine rings is 1. The molecular weight excluding hydrogens is 343 g/mol. The summed E-state index contributed by atoms with van der Waals surface area (Å²) in [4.78, 5) is 23.0.